The number of amides is 1. The molecule has 0 radical (unpaired) electrons. The van der Waals surface area contributed by atoms with Gasteiger partial charge in [0.05, 0.1) is 37.0 Å². The summed E-state index contributed by atoms with van der Waals surface area (Å²) in [5.41, 5.74) is 0.407. The van der Waals surface area contributed by atoms with E-state index < -0.39 is 36.0 Å². The number of carboxylic acid groups (broad SMARTS) is 1. The highest BCUT2D eigenvalue weighted by Crippen LogP contribution is 2.20. The van der Waals surface area contributed by atoms with Crippen LogP contribution in [0.25, 0.3) is 0 Å². The van der Waals surface area contributed by atoms with Gasteiger partial charge in [0.2, 0.25) is 12.2 Å². The molecule has 3 aromatic carbocycles. The molecule has 1 amide bonds. The molecular formula is C27H22N2O9. The summed E-state index contributed by atoms with van der Waals surface area (Å²) in [6, 6.07) is 19.1. The Morgan fingerprint density at radius 2 is 1.29 bits per heavy atom. The Morgan fingerprint density at radius 1 is 0.789 bits per heavy atom. The summed E-state index contributed by atoms with van der Waals surface area (Å²) in [6.45, 7) is 0. The Labute approximate surface area is 217 Å². The fourth-order valence-electron chi connectivity index (χ4n) is 3.20. The van der Waals surface area contributed by atoms with E-state index in [0.29, 0.717) is 17.1 Å². The number of carboxylic acids is 1. The average molecular weight is 518 g/mol. The Bertz CT molecular complexity index is 1380. The molecule has 11 heteroatoms. The first kappa shape index (κ1) is 27.2. The number of anilines is 1. The summed E-state index contributed by atoms with van der Waals surface area (Å²) in [4.78, 5) is 51.0. The first-order chi connectivity index (χ1) is 18.2. The third-order valence-electron chi connectivity index (χ3n) is 5.14. The van der Waals surface area contributed by atoms with E-state index in [0.717, 1.165) is 0 Å². The molecule has 0 saturated heterocycles. The number of rotatable bonds is 10. The molecule has 2 atom stereocenters. The predicted molar refractivity (Wildman–Crippen MR) is 132 cm³/mol. The first-order valence-corrected chi connectivity index (χ1v) is 11.0. The standard InChI is InChI=1S/C27H22N2O9/c1-35-20-7-3-5-17(13-20)26(33)37-22(24(30)29-19-11-9-16(15-28)10-12-19)23(25(31)32)38-27(34)18-6-4-8-21(14-18)36-2/h3-14,22-23H,1-2H3,(H,29,30)(H,31,32)/t22-,23-/m0/s1. The van der Waals surface area contributed by atoms with Crippen LogP contribution < -0.4 is 14.8 Å². The molecule has 38 heavy (non-hydrogen) atoms. The maximum atomic E-state index is 13.2. The highest BCUT2D eigenvalue weighted by atomic mass is 16.6. The van der Waals surface area contributed by atoms with Crippen LogP contribution in [0, 0.1) is 11.3 Å². The largest absolute Gasteiger partial charge is 0.497 e. The molecule has 11 nitrogen and oxygen atoms in total. The maximum absolute atomic E-state index is 13.2. The van der Waals surface area contributed by atoms with Crippen LogP contribution >= 0.6 is 0 Å². The number of benzene rings is 3. The normalized spacial score (nSPS) is 11.7. The second-order valence-corrected chi connectivity index (χ2v) is 7.63. The number of hydrogen-bond donors (Lipinski definition) is 2. The van der Waals surface area contributed by atoms with Crippen LogP contribution in [0.2, 0.25) is 0 Å². The van der Waals surface area contributed by atoms with E-state index in [1.165, 1.54) is 74.9 Å². The number of methoxy groups -OCH3 is 2. The maximum Gasteiger partial charge on any atom is 0.349 e. The van der Waals surface area contributed by atoms with Gasteiger partial charge in [0.15, 0.2) is 0 Å². The third-order valence-corrected chi connectivity index (χ3v) is 5.14. The van der Waals surface area contributed by atoms with Crippen molar-refractivity contribution in [1.82, 2.24) is 0 Å². The molecular weight excluding hydrogens is 496 g/mol. The van der Waals surface area contributed by atoms with E-state index >= 15 is 0 Å². The van der Waals surface area contributed by atoms with Gasteiger partial charge in [-0.25, -0.2) is 14.4 Å². The zero-order valence-corrected chi connectivity index (χ0v) is 20.2. The van der Waals surface area contributed by atoms with E-state index in [2.05, 4.69) is 5.32 Å². The number of nitriles is 1. The number of ether oxygens (including phenoxy) is 4. The van der Waals surface area contributed by atoms with Gasteiger partial charge in [-0.1, -0.05) is 12.1 Å². The van der Waals surface area contributed by atoms with Gasteiger partial charge in [-0.2, -0.15) is 5.26 Å². The number of hydrogen-bond acceptors (Lipinski definition) is 9. The van der Waals surface area contributed by atoms with Crippen LogP contribution in [0.5, 0.6) is 11.5 Å². The molecule has 0 saturated carbocycles. The minimum Gasteiger partial charge on any atom is -0.497 e. The molecule has 0 heterocycles. The van der Waals surface area contributed by atoms with Crippen molar-refractivity contribution < 1.29 is 43.2 Å². The molecule has 3 rings (SSSR count). The van der Waals surface area contributed by atoms with Crippen molar-refractivity contribution in [2.24, 2.45) is 0 Å². The van der Waals surface area contributed by atoms with Crippen molar-refractivity contribution in [3.63, 3.8) is 0 Å². The molecule has 0 aromatic heterocycles. The Balaban J connectivity index is 1.93. The Kier molecular flexibility index (Phi) is 8.99. The number of esters is 2. The summed E-state index contributed by atoms with van der Waals surface area (Å²) in [5, 5.41) is 21.2. The van der Waals surface area contributed by atoms with Gasteiger partial charge < -0.3 is 29.4 Å². The summed E-state index contributed by atoms with van der Waals surface area (Å²) >= 11 is 0. The van der Waals surface area contributed by atoms with Gasteiger partial charge in [-0.05, 0) is 60.7 Å². The summed E-state index contributed by atoms with van der Waals surface area (Å²) in [5.74, 6) is -4.35. The lowest BCUT2D eigenvalue weighted by Gasteiger charge is -2.23. The second-order valence-electron chi connectivity index (χ2n) is 7.63. The van der Waals surface area contributed by atoms with Crippen LogP contribution in [0.15, 0.2) is 72.8 Å². The topological polar surface area (TPSA) is 161 Å². The minimum absolute atomic E-state index is 0.0382. The van der Waals surface area contributed by atoms with E-state index in [1.54, 1.807) is 12.1 Å². The summed E-state index contributed by atoms with van der Waals surface area (Å²) < 4.78 is 20.6. The molecule has 194 valence electrons. The number of aliphatic carboxylic acids is 1. The smallest absolute Gasteiger partial charge is 0.349 e. The average Bonchev–Trinajstić information content (AvgIpc) is 2.94. The molecule has 2 N–H and O–H groups in total. The zero-order valence-electron chi connectivity index (χ0n) is 20.2. The van der Waals surface area contributed by atoms with E-state index in [-0.39, 0.29) is 16.8 Å². The van der Waals surface area contributed by atoms with Crippen LogP contribution in [-0.4, -0.2) is 55.3 Å². The van der Waals surface area contributed by atoms with Crippen molar-refractivity contribution >= 4 is 29.5 Å². The SMILES string of the molecule is COc1cccc(C(=O)O[C@H](C(=O)O)[C@H](OC(=O)c2cccc(OC)c2)C(=O)Nc2ccc(C#N)cc2)c1. The van der Waals surface area contributed by atoms with Crippen molar-refractivity contribution in [3.05, 3.63) is 89.5 Å². The van der Waals surface area contributed by atoms with E-state index in [1.807, 2.05) is 6.07 Å². The fourth-order valence-corrected chi connectivity index (χ4v) is 3.20. The fraction of sp³-hybridized carbons (Fsp3) is 0.148. The number of carbonyl (C=O) groups excluding carboxylic acids is 3. The van der Waals surface area contributed by atoms with Gasteiger partial charge in [-0.3, -0.25) is 4.79 Å². The number of nitrogens with one attached hydrogen (secondary N) is 1. The Morgan fingerprint density at radius 3 is 1.74 bits per heavy atom. The van der Waals surface area contributed by atoms with Crippen molar-refractivity contribution in [2.75, 3.05) is 19.5 Å². The molecule has 0 bridgehead atoms. The lowest BCUT2D eigenvalue weighted by atomic mass is 10.1. The van der Waals surface area contributed by atoms with Gasteiger partial charge in [0.1, 0.15) is 11.5 Å². The zero-order chi connectivity index (χ0) is 27.7. The first-order valence-electron chi connectivity index (χ1n) is 11.0. The van der Waals surface area contributed by atoms with Crippen LogP contribution in [-0.2, 0) is 19.1 Å². The van der Waals surface area contributed by atoms with Crippen molar-refractivity contribution in [1.29, 1.82) is 5.26 Å². The second kappa shape index (κ2) is 12.5. The van der Waals surface area contributed by atoms with E-state index in [4.69, 9.17) is 24.2 Å². The van der Waals surface area contributed by atoms with Crippen molar-refractivity contribution in [3.8, 4) is 17.6 Å². The monoisotopic (exact) mass is 518 g/mol. The van der Waals surface area contributed by atoms with Crippen LogP contribution in [0.1, 0.15) is 26.3 Å². The lowest BCUT2D eigenvalue weighted by molar-refractivity contribution is -0.157. The molecule has 0 aliphatic rings. The van der Waals surface area contributed by atoms with Gasteiger partial charge in [0, 0.05) is 5.69 Å². The molecule has 3 aromatic rings. The highest BCUT2D eigenvalue weighted by Gasteiger charge is 2.41. The number of nitrogens with zero attached hydrogens (tertiary/aromatic N) is 1. The molecule has 0 unspecified atom stereocenters. The van der Waals surface area contributed by atoms with Crippen molar-refractivity contribution in [2.45, 2.75) is 12.2 Å². The minimum atomic E-state index is -2.22. The Hall–Kier alpha value is -5.37. The quantitative estimate of drug-likeness (QED) is 0.382. The lowest BCUT2D eigenvalue weighted by Crippen LogP contribution is -2.48. The molecule has 0 spiro atoms. The van der Waals surface area contributed by atoms with E-state index in [9.17, 15) is 24.3 Å². The van der Waals surface area contributed by atoms with Gasteiger partial charge in [-0.15, -0.1) is 0 Å². The van der Waals surface area contributed by atoms with Gasteiger partial charge in [0.25, 0.3) is 5.91 Å². The summed E-state index contributed by atoms with van der Waals surface area (Å²) in [6.07, 6.45) is -4.32. The van der Waals surface area contributed by atoms with Crippen LogP contribution in [0.3, 0.4) is 0 Å². The summed E-state index contributed by atoms with van der Waals surface area (Å²) in [7, 11) is 2.77. The molecule has 0 aliphatic carbocycles. The molecule has 0 fully saturated rings. The van der Waals surface area contributed by atoms with Gasteiger partial charge >= 0.3 is 17.9 Å². The number of carbonyl (C=O) groups is 4. The predicted octanol–water partition coefficient (Wildman–Crippen LogP) is 3.05. The molecule has 0 aliphatic heterocycles. The third kappa shape index (κ3) is 6.86. The van der Waals surface area contributed by atoms with Crippen LogP contribution in [0.4, 0.5) is 5.69 Å². The highest BCUT2D eigenvalue weighted by molar-refractivity contribution is 6.01.